The highest BCUT2D eigenvalue weighted by atomic mass is 16.7. The van der Waals surface area contributed by atoms with E-state index < -0.39 is 0 Å². The summed E-state index contributed by atoms with van der Waals surface area (Å²) in [6.07, 6.45) is 7.52. The number of carbonyl (C=O) groups excluding carboxylic acids is 1. The largest absolute Gasteiger partial charge is 0.496 e. The van der Waals surface area contributed by atoms with Crippen molar-refractivity contribution in [3.05, 3.63) is 46.7 Å². The average molecular weight is 453 g/mol. The Balaban J connectivity index is 1.71. The highest BCUT2D eigenvalue weighted by Crippen LogP contribution is 2.39. The highest BCUT2D eigenvalue weighted by Gasteiger charge is 2.27. The molecule has 0 fully saturated rings. The standard InChI is InChI=1S/C27H36N2O4/c1-6-32-26(30)11-10-21-15-22-19(17-25(21)31-5)12-14-28-23(22)16-20-9-7-8-13-29(27(2,3)4)33-18-24(20)28/h10-11,15-17H,6-9,12-14,18H2,1-5H3/b11-10+. The smallest absolute Gasteiger partial charge is 0.330 e. The van der Waals surface area contributed by atoms with Gasteiger partial charge in [0.1, 0.15) is 12.4 Å². The molecule has 0 unspecified atom stereocenters. The zero-order chi connectivity index (χ0) is 23.6. The molecule has 33 heavy (non-hydrogen) atoms. The Morgan fingerprint density at radius 3 is 2.67 bits per heavy atom. The zero-order valence-electron chi connectivity index (χ0n) is 20.6. The van der Waals surface area contributed by atoms with Gasteiger partial charge in [0.05, 0.1) is 13.7 Å². The SMILES string of the molecule is CCOC(=O)/C=C/c1cc2c(cc1OC)CCn1c-2cc2c1CON(C(C)(C)C)CCCC2. The fourth-order valence-corrected chi connectivity index (χ4v) is 4.79. The number of carbonyl (C=O) groups is 1. The fourth-order valence-electron chi connectivity index (χ4n) is 4.79. The molecule has 3 heterocycles. The molecule has 0 amide bonds. The number of methoxy groups -OCH3 is 1. The maximum absolute atomic E-state index is 11.9. The van der Waals surface area contributed by atoms with Gasteiger partial charge >= 0.3 is 5.97 Å². The molecule has 0 bridgehead atoms. The first kappa shape index (κ1) is 23.6. The van der Waals surface area contributed by atoms with Crippen molar-refractivity contribution in [3.63, 3.8) is 0 Å². The molecule has 0 saturated heterocycles. The molecule has 0 aliphatic carbocycles. The van der Waals surface area contributed by atoms with Crippen LogP contribution in [-0.4, -0.2) is 41.4 Å². The van der Waals surface area contributed by atoms with Gasteiger partial charge in [0.15, 0.2) is 0 Å². The Bertz CT molecular complexity index is 1050. The van der Waals surface area contributed by atoms with E-state index in [9.17, 15) is 4.79 Å². The minimum atomic E-state index is -0.347. The molecule has 0 N–H and O–H groups in total. The lowest BCUT2D eigenvalue weighted by molar-refractivity contribution is -0.220. The highest BCUT2D eigenvalue weighted by molar-refractivity contribution is 5.88. The number of hydrogen-bond donors (Lipinski definition) is 0. The van der Waals surface area contributed by atoms with Gasteiger partial charge in [-0.25, -0.2) is 4.79 Å². The summed E-state index contributed by atoms with van der Waals surface area (Å²) in [6.45, 7) is 11.2. The van der Waals surface area contributed by atoms with Crippen LogP contribution in [0.15, 0.2) is 24.3 Å². The van der Waals surface area contributed by atoms with Crippen LogP contribution in [0.1, 0.15) is 62.9 Å². The number of fused-ring (bicyclic) bond motifs is 5. The van der Waals surface area contributed by atoms with Crippen molar-refractivity contribution in [2.45, 2.75) is 72.1 Å². The normalized spacial score (nSPS) is 16.9. The van der Waals surface area contributed by atoms with Gasteiger partial charge in [-0.1, -0.05) is 0 Å². The van der Waals surface area contributed by atoms with Crippen LogP contribution in [-0.2, 0) is 40.4 Å². The van der Waals surface area contributed by atoms with Gasteiger partial charge in [-0.15, -0.1) is 0 Å². The van der Waals surface area contributed by atoms with Crippen LogP contribution in [0, 0.1) is 0 Å². The summed E-state index contributed by atoms with van der Waals surface area (Å²) >= 11 is 0. The molecular formula is C27H36N2O4. The number of hydrogen-bond acceptors (Lipinski definition) is 5. The molecule has 4 rings (SSSR count). The summed E-state index contributed by atoms with van der Waals surface area (Å²) in [5.74, 6) is 0.425. The first-order chi connectivity index (χ1) is 15.8. The summed E-state index contributed by atoms with van der Waals surface area (Å²) in [5.41, 5.74) is 7.21. The van der Waals surface area contributed by atoms with Gasteiger partial charge in [-0.05, 0) is 88.8 Å². The lowest BCUT2D eigenvalue weighted by Gasteiger charge is -2.34. The molecule has 6 heteroatoms. The maximum atomic E-state index is 11.9. The van der Waals surface area contributed by atoms with E-state index in [1.807, 2.05) is 0 Å². The van der Waals surface area contributed by atoms with E-state index in [2.05, 4.69) is 48.6 Å². The maximum Gasteiger partial charge on any atom is 0.330 e. The average Bonchev–Trinajstić information content (AvgIpc) is 3.17. The number of aromatic nitrogens is 1. The first-order valence-electron chi connectivity index (χ1n) is 12.0. The Morgan fingerprint density at radius 1 is 1.12 bits per heavy atom. The first-order valence-corrected chi connectivity index (χ1v) is 12.0. The molecule has 6 nitrogen and oxygen atoms in total. The third-order valence-corrected chi connectivity index (χ3v) is 6.48. The van der Waals surface area contributed by atoms with Gasteiger partial charge in [0.25, 0.3) is 0 Å². The van der Waals surface area contributed by atoms with E-state index in [-0.39, 0.29) is 11.5 Å². The van der Waals surface area contributed by atoms with Gasteiger partial charge < -0.3 is 14.0 Å². The lowest BCUT2D eigenvalue weighted by atomic mass is 9.95. The van der Waals surface area contributed by atoms with E-state index in [0.717, 1.165) is 50.1 Å². The van der Waals surface area contributed by atoms with Crippen molar-refractivity contribution in [2.75, 3.05) is 20.3 Å². The van der Waals surface area contributed by atoms with Crippen molar-refractivity contribution >= 4 is 12.0 Å². The topological polar surface area (TPSA) is 52.9 Å². The Hall–Kier alpha value is -2.57. The van der Waals surface area contributed by atoms with E-state index in [0.29, 0.717) is 13.2 Å². The molecule has 1 aromatic carbocycles. The summed E-state index contributed by atoms with van der Waals surface area (Å²) in [5, 5.41) is 2.14. The molecule has 178 valence electrons. The van der Waals surface area contributed by atoms with Gasteiger partial charge in [0.2, 0.25) is 0 Å². The molecule has 0 spiro atoms. The molecule has 0 saturated carbocycles. The fraction of sp³-hybridized carbons (Fsp3) is 0.519. The van der Waals surface area contributed by atoms with Crippen LogP contribution in [0.25, 0.3) is 17.3 Å². The van der Waals surface area contributed by atoms with Crippen LogP contribution in [0.2, 0.25) is 0 Å². The molecule has 0 atom stereocenters. The lowest BCUT2D eigenvalue weighted by Crippen LogP contribution is -2.41. The molecule has 0 radical (unpaired) electrons. The minimum absolute atomic E-state index is 0.0227. The second-order valence-electron chi connectivity index (χ2n) is 9.74. The van der Waals surface area contributed by atoms with Crippen molar-refractivity contribution < 1.29 is 19.1 Å². The van der Waals surface area contributed by atoms with Gasteiger partial charge in [-0.3, -0.25) is 4.84 Å². The van der Waals surface area contributed by atoms with Crippen molar-refractivity contribution in [1.29, 1.82) is 0 Å². The number of aryl methyl sites for hydroxylation is 2. The molecular weight excluding hydrogens is 416 g/mol. The quantitative estimate of drug-likeness (QED) is 0.474. The molecule has 2 aliphatic heterocycles. The summed E-state index contributed by atoms with van der Waals surface area (Å²) in [7, 11) is 1.67. The van der Waals surface area contributed by atoms with Crippen LogP contribution in [0.4, 0.5) is 0 Å². The number of benzene rings is 1. The summed E-state index contributed by atoms with van der Waals surface area (Å²) in [6, 6.07) is 6.59. The number of rotatable bonds is 4. The predicted octanol–water partition coefficient (Wildman–Crippen LogP) is 5.16. The second-order valence-corrected chi connectivity index (χ2v) is 9.74. The minimum Gasteiger partial charge on any atom is -0.496 e. The Kier molecular flexibility index (Phi) is 6.96. The van der Waals surface area contributed by atoms with E-state index >= 15 is 0 Å². The number of hydroxylamine groups is 2. The third-order valence-electron chi connectivity index (χ3n) is 6.48. The number of ether oxygens (including phenoxy) is 2. The van der Waals surface area contributed by atoms with E-state index in [1.165, 1.54) is 34.2 Å². The zero-order valence-corrected chi connectivity index (χ0v) is 20.6. The number of nitrogens with zero attached hydrogens (tertiary/aromatic N) is 2. The molecule has 2 aliphatic rings. The van der Waals surface area contributed by atoms with E-state index in [4.69, 9.17) is 14.3 Å². The van der Waals surface area contributed by atoms with Crippen LogP contribution < -0.4 is 4.74 Å². The Labute approximate surface area is 197 Å². The predicted molar refractivity (Wildman–Crippen MR) is 130 cm³/mol. The number of esters is 1. The summed E-state index contributed by atoms with van der Waals surface area (Å²) < 4.78 is 13.1. The monoisotopic (exact) mass is 452 g/mol. The Morgan fingerprint density at radius 2 is 1.94 bits per heavy atom. The van der Waals surface area contributed by atoms with Crippen LogP contribution in [0.3, 0.4) is 0 Å². The third kappa shape index (κ3) is 5.02. The van der Waals surface area contributed by atoms with Crippen LogP contribution >= 0.6 is 0 Å². The van der Waals surface area contributed by atoms with Crippen LogP contribution in [0.5, 0.6) is 5.75 Å². The molecule has 1 aromatic heterocycles. The van der Waals surface area contributed by atoms with Crippen molar-refractivity contribution in [1.82, 2.24) is 9.63 Å². The van der Waals surface area contributed by atoms with Gasteiger partial charge in [0, 0.05) is 47.2 Å². The van der Waals surface area contributed by atoms with Crippen molar-refractivity contribution in [3.8, 4) is 17.0 Å². The summed E-state index contributed by atoms with van der Waals surface area (Å²) in [4.78, 5) is 18.2. The molecule has 2 aromatic rings. The van der Waals surface area contributed by atoms with Gasteiger partial charge in [-0.2, -0.15) is 5.06 Å². The second kappa shape index (κ2) is 9.74. The van der Waals surface area contributed by atoms with E-state index in [1.54, 1.807) is 20.1 Å². The van der Waals surface area contributed by atoms with Crippen molar-refractivity contribution in [2.24, 2.45) is 0 Å².